The van der Waals surface area contributed by atoms with Crippen LogP contribution in [0.5, 0.6) is 0 Å². The van der Waals surface area contributed by atoms with Crippen molar-refractivity contribution in [2.75, 3.05) is 11.5 Å². The van der Waals surface area contributed by atoms with E-state index in [-0.39, 0.29) is 36.8 Å². The van der Waals surface area contributed by atoms with Crippen molar-refractivity contribution in [3.63, 3.8) is 0 Å². The minimum absolute atomic E-state index is 0.0649. The summed E-state index contributed by atoms with van der Waals surface area (Å²) in [5, 5.41) is 8.62. The first-order valence-electron chi connectivity index (χ1n) is 6.83. The van der Waals surface area contributed by atoms with E-state index in [9.17, 15) is 26.4 Å². The molecule has 2 N–H and O–H groups in total. The Hall–Kier alpha value is -1.72. The van der Waals surface area contributed by atoms with Crippen LogP contribution in [-0.2, 0) is 34.0 Å². The normalized spacial score (nSPS) is 12.7. The Balaban J connectivity index is 4.34. The quantitative estimate of drug-likeness (QED) is 0.229. The second-order valence-electron chi connectivity index (χ2n) is 4.96. The maximum absolute atomic E-state index is 11.6. The Bertz CT molecular complexity index is 715. The van der Waals surface area contributed by atoms with Crippen LogP contribution in [-0.4, -0.2) is 49.9 Å². The molecule has 24 heavy (non-hydrogen) atoms. The molecule has 138 valence electrons. The van der Waals surface area contributed by atoms with E-state index < -0.39 is 43.7 Å². The summed E-state index contributed by atoms with van der Waals surface area (Å²) in [6.07, 6.45) is 1.36. The fraction of sp³-hybridized carbons (Fsp3) is 0.538. The van der Waals surface area contributed by atoms with Crippen molar-refractivity contribution in [3.05, 3.63) is 23.8 Å². The lowest BCUT2D eigenvalue weighted by Crippen LogP contribution is -2.18. The molecule has 0 fully saturated rings. The number of carbonyl (C=O) groups excluding carboxylic acids is 1. The summed E-state index contributed by atoms with van der Waals surface area (Å²) in [7, 11) is -8.32. The van der Waals surface area contributed by atoms with Gasteiger partial charge in [0.15, 0.2) is 0 Å². The lowest BCUT2D eigenvalue weighted by atomic mass is 10.2. The number of allylic oxidation sites excluding steroid dienone is 1. The van der Waals surface area contributed by atoms with Gasteiger partial charge in [0.05, 0.1) is 11.5 Å². The molecule has 0 atom stereocenters. The van der Waals surface area contributed by atoms with Gasteiger partial charge in [-0.3, -0.25) is 4.55 Å². The highest BCUT2D eigenvalue weighted by Gasteiger charge is 2.19. The summed E-state index contributed by atoms with van der Waals surface area (Å²) < 4.78 is 57.1. The van der Waals surface area contributed by atoms with Crippen LogP contribution in [0.25, 0.3) is 0 Å². The molecule has 0 aliphatic rings. The third-order valence-corrected chi connectivity index (χ3v) is 4.76. The molecule has 0 rings (SSSR count). The van der Waals surface area contributed by atoms with Crippen LogP contribution in [0.4, 0.5) is 0 Å². The SMILES string of the molecule is C=C(CCCS(=O)(=O)O)C(=O)OS(=O)(=O)CCCC=C(C)C(=O)O. The number of rotatable bonds is 11. The predicted octanol–water partition coefficient (Wildman–Crippen LogP) is 0.895. The van der Waals surface area contributed by atoms with Crippen molar-refractivity contribution in [1.82, 2.24) is 0 Å². The van der Waals surface area contributed by atoms with E-state index in [4.69, 9.17) is 9.66 Å². The third-order valence-electron chi connectivity index (χ3n) is 2.76. The van der Waals surface area contributed by atoms with E-state index in [2.05, 4.69) is 10.8 Å². The van der Waals surface area contributed by atoms with Gasteiger partial charge in [-0.05, 0) is 32.6 Å². The van der Waals surface area contributed by atoms with Gasteiger partial charge >= 0.3 is 22.1 Å². The van der Waals surface area contributed by atoms with Crippen molar-refractivity contribution in [3.8, 4) is 0 Å². The monoisotopic (exact) mass is 384 g/mol. The summed E-state index contributed by atoms with van der Waals surface area (Å²) in [5.74, 6) is -3.37. The Morgan fingerprint density at radius 2 is 1.71 bits per heavy atom. The van der Waals surface area contributed by atoms with Gasteiger partial charge in [0, 0.05) is 11.1 Å². The number of carbonyl (C=O) groups is 2. The number of aliphatic carboxylic acids is 1. The molecule has 0 bridgehead atoms. The smallest absolute Gasteiger partial charge is 0.349 e. The Morgan fingerprint density at radius 3 is 2.21 bits per heavy atom. The molecule has 0 aliphatic heterocycles. The Labute approximate surface area is 140 Å². The molecular formula is C13H20O9S2. The Kier molecular flexibility index (Phi) is 8.86. The van der Waals surface area contributed by atoms with Crippen molar-refractivity contribution in [2.24, 2.45) is 0 Å². The summed E-state index contributed by atoms with van der Waals surface area (Å²) in [5.41, 5.74) is -0.152. The molecule has 11 heteroatoms. The second kappa shape index (κ2) is 9.55. The largest absolute Gasteiger partial charge is 0.478 e. The van der Waals surface area contributed by atoms with E-state index in [1.54, 1.807) is 0 Å². The number of carboxylic acids is 1. The van der Waals surface area contributed by atoms with Gasteiger partial charge in [0.1, 0.15) is 0 Å². The van der Waals surface area contributed by atoms with Crippen molar-refractivity contribution in [1.29, 1.82) is 0 Å². The first-order chi connectivity index (χ1) is 10.8. The van der Waals surface area contributed by atoms with Crippen LogP contribution >= 0.6 is 0 Å². The lowest BCUT2D eigenvalue weighted by Gasteiger charge is -2.07. The zero-order valence-corrected chi connectivity index (χ0v) is 14.7. The summed E-state index contributed by atoms with van der Waals surface area (Å²) >= 11 is 0. The highest BCUT2D eigenvalue weighted by molar-refractivity contribution is 7.87. The van der Waals surface area contributed by atoms with Crippen LogP contribution in [0.3, 0.4) is 0 Å². The van der Waals surface area contributed by atoms with Gasteiger partial charge in [-0.15, -0.1) is 0 Å². The topological polar surface area (TPSA) is 152 Å². The van der Waals surface area contributed by atoms with Crippen LogP contribution in [0.1, 0.15) is 32.6 Å². The second-order valence-corrected chi connectivity index (χ2v) is 8.22. The molecule has 9 nitrogen and oxygen atoms in total. The van der Waals surface area contributed by atoms with E-state index in [1.165, 1.54) is 13.0 Å². The molecule has 0 radical (unpaired) electrons. The van der Waals surface area contributed by atoms with Gasteiger partial charge in [-0.25, -0.2) is 9.59 Å². The van der Waals surface area contributed by atoms with E-state index in [0.717, 1.165) is 0 Å². The highest BCUT2D eigenvalue weighted by atomic mass is 32.2. The molecule has 0 saturated heterocycles. The molecule has 0 aromatic rings. The lowest BCUT2D eigenvalue weighted by molar-refractivity contribution is -0.132. The Morgan fingerprint density at radius 1 is 1.12 bits per heavy atom. The molecule has 0 spiro atoms. The standard InChI is InChI=1S/C13H20O9S2/c1-10(12(14)15)6-3-4-9-24(20,21)22-13(16)11(2)7-5-8-23(17,18)19/h6H,2-5,7-9H2,1H3,(H,14,15)(H,17,18,19). The van der Waals surface area contributed by atoms with Gasteiger partial charge in [-0.1, -0.05) is 12.7 Å². The van der Waals surface area contributed by atoms with E-state index >= 15 is 0 Å². The molecule has 0 saturated carbocycles. The highest BCUT2D eigenvalue weighted by Crippen LogP contribution is 2.10. The molecule has 0 aliphatic carbocycles. The number of carboxylic acid groups (broad SMARTS) is 1. The average Bonchev–Trinajstić information content (AvgIpc) is 2.41. The molecule has 0 amide bonds. The maximum Gasteiger partial charge on any atom is 0.349 e. The van der Waals surface area contributed by atoms with E-state index in [0.29, 0.717) is 0 Å². The zero-order valence-electron chi connectivity index (χ0n) is 13.1. The summed E-state index contributed by atoms with van der Waals surface area (Å²) in [6.45, 7) is 4.68. The van der Waals surface area contributed by atoms with Crippen molar-refractivity contribution in [2.45, 2.75) is 32.6 Å². The maximum atomic E-state index is 11.6. The number of hydrogen-bond donors (Lipinski definition) is 2. The van der Waals surface area contributed by atoms with Crippen LogP contribution < -0.4 is 0 Å². The van der Waals surface area contributed by atoms with Crippen molar-refractivity contribution >= 4 is 32.2 Å². The van der Waals surface area contributed by atoms with E-state index in [1.807, 2.05) is 0 Å². The van der Waals surface area contributed by atoms with Gasteiger partial charge < -0.3 is 9.29 Å². The van der Waals surface area contributed by atoms with Gasteiger partial charge in [-0.2, -0.15) is 16.8 Å². The summed E-state index contributed by atoms with van der Waals surface area (Å²) in [4.78, 5) is 22.1. The van der Waals surface area contributed by atoms with Crippen LogP contribution in [0, 0.1) is 0 Å². The first-order valence-corrected chi connectivity index (χ1v) is 10.0. The summed E-state index contributed by atoms with van der Waals surface area (Å²) in [6, 6.07) is 0. The fourth-order valence-electron chi connectivity index (χ4n) is 1.45. The predicted molar refractivity (Wildman–Crippen MR) is 85.3 cm³/mol. The van der Waals surface area contributed by atoms with Gasteiger partial charge in [0.2, 0.25) is 0 Å². The van der Waals surface area contributed by atoms with Crippen LogP contribution in [0.2, 0.25) is 0 Å². The zero-order chi connectivity index (χ0) is 19.0. The number of hydrogen-bond acceptors (Lipinski definition) is 7. The molecule has 0 aromatic heterocycles. The molecule has 0 aromatic carbocycles. The molecule has 0 heterocycles. The van der Waals surface area contributed by atoms with Crippen molar-refractivity contribution < 1.29 is 40.3 Å². The minimum atomic E-state index is -4.17. The third kappa shape index (κ3) is 10.9. The van der Waals surface area contributed by atoms with Crippen LogP contribution in [0.15, 0.2) is 23.8 Å². The minimum Gasteiger partial charge on any atom is -0.478 e. The molecule has 0 unspecified atom stereocenters. The molecular weight excluding hydrogens is 364 g/mol. The number of unbranched alkanes of at least 4 members (excludes halogenated alkanes) is 1. The first kappa shape index (κ1) is 22.3. The fourth-order valence-corrected chi connectivity index (χ4v) is 2.91. The van der Waals surface area contributed by atoms with Gasteiger partial charge in [0.25, 0.3) is 10.1 Å². The average molecular weight is 384 g/mol.